The highest BCUT2D eigenvalue weighted by molar-refractivity contribution is 6.30. The molecule has 1 aliphatic heterocycles. The quantitative estimate of drug-likeness (QED) is 0.943. The molecule has 0 aromatic heterocycles. The van der Waals surface area contributed by atoms with Crippen LogP contribution in [0.25, 0.3) is 0 Å². The van der Waals surface area contributed by atoms with E-state index in [1.165, 1.54) is 6.07 Å². The summed E-state index contributed by atoms with van der Waals surface area (Å²) in [5.41, 5.74) is 1.14. The first-order chi connectivity index (χ1) is 10.1. The van der Waals surface area contributed by atoms with Gasteiger partial charge in [-0.2, -0.15) is 0 Å². The highest BCUT2D eigenvalue weighted by Gasteiger charge is 2.26. The van der Waals surface area contributed by atoms with E-state index < -0.39 is 11.9 Å². The summed E-state index contributed by atoms with van der Waals surface area (Å²) in [7, 11) is 0. The van der Waals surface area contributed by atoms with Crippen molar-refractivity contribution in [1.29, 1.82) is 0 Å². The Balaban J connectivity index is 1.74. The first-order valence-corrected chi connectivity index (χ1v) is 6.98. The number of Topliss-reactive ketones (excluding diaryl/α,β-unsaturated/α-hetero) is 1. The van der Waals surface area contributed by atoms with Crippen LogP contribution in [0.15, 0.2) is 42.5 Å². The molecule has 1 unspecified atom stereocenters. The van der Waals surface area contributed by atoms with E-state index in [1.54, 1.807) is 18.2 Å². The number of hydrogen-bond donors (Lipinski definition) is 1. The van der Waals surface area contributed by atoms with Gasteiger partial charge in [0.1, 0.15) is 11.6 Å². The van der Waals surface area contributed by atoms with Crippen LogP contribution in [0.5, 0.6) is 5.75 Å². The maximum absolute atomic E-state index is 13.8. The second-order valence-corrected chi connectivity index (χ2v) is 5.25. The number of carbonyl (C=O) groups excluding carboxylic acids is 1. The molecule has 3 rings (SSSR count). The molecule has 1 aliphatic rings. The molecular weight excluding hydrogens is 293 g/mol. The third-order valence-corrected chi connectivity index (χ3v) is 3.68. The third kappa shape index (κ3) is 2.85. The molecule has 0 bridgehead atoms. The summed E-state index contributed by atoms with van der Waals surface area (Å²) in [5, 5.41) is 3.16. The van der Waals surface area contributed by atoms with Crippen molar-refractivity contribution in [2.24, 2.45) is 0 Å². The smallest absolute Gasteiger partial charge is 0.179 e. The number of ether oxygens (including phenoxy) is 1. The number of rotatable bonds is 3. The van der Waals surface area contributed by atoms with Crippen molar-refractivity contribution in [3.05, 3.63) is 58.9 Å². The van der Waals surface area contributed by atoms with Gasteiger partial charge in [-0.15, -0.1) is 0 Å². The molecule has 1 heterocycles. The molecule has 0 saturated carbocycles. The number of para-hydroxylation sites is 2. The van der Waals surface area contributed by atoms with Gasteiger partial charge in [-0.3, -0.25) is 4.79 Å². The predicted octanol–water partition coefficient (Wildman–Crippen LogP) is 3.46. The minimum Gasteiger partial charge on any atom is -0.479 e. The minimum atomic E-state index is -0.627. The van der Waals surface area contributed by atoms with Gasteiger partial charge in [-0.25, -0.2) is 4.39 Å². The summed E-state index contributed by atoms with van der Waals surface area (Å²) >= 11 is 5.72. The second-order valence-electron chi connectivity index (χ2n) is 4.84. The van der Waals surface area contributed by atoms with Gasteiger partial charge in [0.05, 0.1) is 17.3 Å². The molecule has 0 spiro atoms. The zero-order valence-corrected chi connectivity index (χ0v) is 11.9. The Morgan fingerprint density at radius 3 is 2.95 bits per heavy atom. The number of anilines is 1. The zero-order valence-electron chi connectivity index (χ0n) is 11.1. The lowest BCUT2D eigenvalue weighted by Crippen LogP contribution is -2.38. The van der Waals surface area contributed by atoms with Crippen LogP contribution in [0.3, 0.4) is 0 Å². The standard InChI is InChI=1S/C16H13ClFNO2/c17-11-5-3-4-10(16(11)18)8-13(20)15-9-19-12-6-1-2-7-14(12)21-15/h1-7,15,19H,8-9H2. The predicted molar refractivity (Wildman–Crippen MR) is 79.5 cm³/mol. The van der Waals surface area contributed by atoms with E-state index in [0.717, 1.165) is 5.69 Å². The van der Waals surface area contributed by atoms with Crippen molar-refractivity contribution < 1.29 is 13.9 Å². The van der Waals surface area contributed by atoms with Gasteiger partial charge in [0.15, 0.2) is 11.9 Å². The van der Waals surface area contributed by atoms with Gasteiger partial charge in [-0.05, 0) is 23.8 Å². The number of carbonyl (C=O) groups is 1. The Morgan fingerprint density at radius 1 is 1.29 bits per heavy atom. The lowest BCUT2D eigenvalue weighted by atomic mass is 10.0. The topological polar surface area (TPSA) is 38.3 Å². The normalized spacial score (nSPS) is 16.6. The number of benzene rings is 2. The second kappa shape index (κ2) is 5.74. The summed E-state index contributed by atoms with van der Waals surface area (Å²) in [4.78, 5) is 12.3. The van der Waals surface area contributed by atoms with Gasteiger partial charge in [0.2, 0.25) is 0 Å². The molecule has 0 radical (unpaired) electrons. The van der Waals surface area contributed by atoms with Gasteiger partial charge >= 0.3 is 0 Å². The molecule has 0 fully saturated rings. The van der Waals surface area contributed by atoms with Crippen LogP contribution in [0.4, 0.5) is 10.1 Å². The van der Waals surface area contributed by atoms with E-state index in [4.69, 9.17) is 16.3 Å². The van der Waals surface area contributed by atoms with Crippen LogP contribution in [0.2, 0.25) is 5.02 Å². The van der Waals surface area contributed by atoms with Crippen molar-refractivity contribution in [2.45, 2.75) is 12.5 Å². The molecule has 21 heavy (non-hydrogen) atoms. The fraction of sp³-hybridized carbons (Fsp3) is 0.188. The molecule has 0 amide bonds. The van der Waals surface area contributed by atoms with Crippen LogP contribution in [0.1, 0.15) is 5.56 Å². The van der Waals surface area contributed by atoms with Crippen LogP contribution < -0.4 is 10.1 Å². The minimum absolute atomic E-state index is 0.0216. The highest BCUT2D eigenvalue weighted by Crippen LogP contribution is 2.29. The third-order valence-electron chi connectivity index (χ3n) is 3.39. The van der Waals surface area contributed by atoms with Gasteiger partial charge in [-0.1, -0.05) is 35.9 Å². The number of fused-ring (bicyclic) bond motifs is 1. The fourth-order valence-electron chi connectivity index (χ4n) is 2.28. The molecule has 1 atom stereocenters. The van der Waals surface area contributed by atoms with Crippen LogP contribution in [0, 0.1) is 5.82 Å². The maximum atomic E-state index is 13.8. The number of hydrogen-bond acceptors (Lipinski definition) is 3. The Morgan fingerprint density at radius 2 is 2.10 bits per heavy atom. The Hall–Kier alpha value is -2.07. The lowest BCUT2D eigenvalue weighted by molar-refractivity contribution is -0.124. The van der Waals surface area contributed by atoms with E-state index >= 15 is 0 Å². The number of ketones is 1. The SMILES string of the molecule is O=C(Cc1cccc(Cl)c1F)C1CNc2ccccc2O1. The maximum Gasteiger partial charge on any atom is 0.179 e. The first-order valence-electron chi connectivity index (χ1n) is 6.60. The van der Waals surface area contributed by atoms with E-state index in [9.17, 15) is 9.18 Å². The molecule has 108 valence electrons. The van der Waals surface area contributed by atoms with E-state index in [2.05, 4.69) is 5.32 Å². The molecule has 2 aromatic carbocycles. The Bertz CT molecular complexity index is 690. The van der Waals surface area contributed by atoms with Gasteiger partial charge in [0.25, 0.3) is 0 Å². The van der Waals surface area contributed by atoms with Crippen LogP contribution in [-0.4, -0.2) is 18.4 Å². The van der Waals surface area contributed by atoms with E-state index in [0.29, 0.717) is 12.3 Å². The highest BCUT2D eigenvalue weighted by atomic mass is 35.5. The van der Waals surface area contributed by atoms with E-state index in [1.807, 2.05) is 18.2 Å². The Kier molecular flexibility index (Phi) is 3.80. The van der Waals surface area contributed by atoms with Crippen molar-refractivity contribution in [2.75, 3.05) is 11.9 Å². The largest absolute Gasteiger partial charge is 0.479 e. The van der Waals surface area contributed by atoms with Gasteiger partial charge < -0.3 is 10.1 Å². The van der Waals surface area contributed by atoms with Crippen LogP contribution in [-0.2, 0) is 11.2 Å². The molecular formula is C16H13ClFNO2. The first kappa shape index (κ1) is 13.9. The Labute approximate surface area is 126 Å². The lowest BCUT2D eigenvalue weighted by Gasteiger charge is -2.26. The van der Waals surface area contributed by atoms with Crippen molar-refractivity contribution in [1.82, 2.24) is 0 Å². The summed E-state index contributed by atoms with van der Waals surface area (Å²) in [5.74, 6) is -0.0940. The van der Waals surface area contributed by atoms with Crippen molar-refractivity contribution >= 4 is 23.1 Å². The monoisotopic (exact) mass is 305 g/mol. The molecule has 2 aromatic rings. The average molecular weight is 306 g/mol. The molecule has 0 aliphatic carbocycles. The fourth-order valence-corrected chi connectivity index (χ4v) is 2.47. The van der Waals surface area contributed by atoms with Crippen molar-refractivity contribution in [3.8, 4) is 5.75 Å². The van der Waals surface area contributed by atoms with Crippen LogP contribution >= 0.6 is 11.6 Å². The molecule has 5 heteroatoms. The summed E-state index contributed by atoms with van der Waals surface area (Å²) in [6.45, 7) is 0.373. The summed E-state index contributed by atoms with van der Waals surface area (Å²) in [6.07, 6.45) is -0.667. The summed E-state index contributed by atoms with van der Waals surface area (Å²) in [6, 6.07) is 12.0. The molecule has 1 N–H and O–H groups in total. The zero-order chi connectivity index (χ0) is 14.8. The number of halogens is 2. The number of nitrogens with one attached hydrogen (secondary N) is 1. The van der Waals surface area contributed by atoms with Gasteiger partial charge in [0, 0.05) is 6.42 Å². The van der Waals surface area contributed by atoms with E-state index in [-0.39, 0.29) is 22.8 Å². The van der Waals surface area contributed by atoms with Crippen molar-refractivity contribution in [3.63, 3.8) is 0 Å². The molecule has 0 saturated heterocycles. The molecule has 3 nitrogen and oxygen atoms in total. The summed E-state index contributed by atoms with van der Waals surface area (Å²) < 4.78 is 19.5. The average Bonchev–Trinajstić information content (AvgIpc) is 2.51.